The van der Waals surface area contributed by atoms with E-state index in [4.69, 9.17) is 14.6 Å². The Morgan fingerprint density at radius 2 is 2.06 bits per heavy atom. The molecule has 104 valence electrons. The highest BCUT2D eigenvalue weighted by atomic mass is 16.6. The predicted molar refractivity (Wildman–Crippen MR) is 64.4 cm³/mol. The Hall–Kier alpha value is -1.30. The maximum atomic E-state index is 11.8. The fraction of sp³-hybridized carbons (Fsp3) is 0.833. The molecule has 18 heavy (non-hydrogen) atoms. The highest BCUT2D eigenvalue weighted by Crippen LogP contribution is 2.19. The molecule has 0 radical (unpaired) electrons. The summed E-state index contributed by atoms with van der Waals surface area (Å²) in [6, 6.07) is 0. The van der Waals surface area contributed by atoms with Crippen molar-refractivity contribution in [1.29, 1.82) is 0 Å². The average molecular weight is 259 g/mol. The van der Waals surface area contributed by atoms with Crippen LogP contribution in [0.1, 0.15) is 27.2 Å². The molecule has 0 spiro atoms. The van der Waals surface area contributed by atoms with E-state index in [9.17, 15) is 9.59 Å². The number of aliphatic carboxylic acids is 1. The van der Waals surface area contributed by atoms with Gasteiger partial charge in [0, 0.05) is 19.0 Å². The number of carbonyl (C=O) groups is 2. The predicted octanol–water partition coefficient (Wildman–Crippen LogP) is 1.34. The number of ether oxygens (including phenoxy) is 2. The third-order valence-electron chi connectivity index (χ3n) is 2.52. The topological polar surface area (TPSA) is 76.1 Å². The Morgan fingerprint density at radius 1 is 1.39 bits per heavy atom. The van der Waals surface area contributed by atoms with Gasteiger partial charge >= 0.3 is 12.1 Å². The molecule has 0 unspecified atom stereocenters. The lowest BCUT2D eigenvalue weighted by Gasteiger charge is -2.24. The van der Waals surface area contributed by atoms with Gasteiger partial charge in [-0.2, -0.15) is 0 Å². The van der Waals surface area contributed by atoms with Crippen molar-refractivity contribution in [2.75, 3.05) is 26.3 Å². The third-order valence-corrected chi connectivity index (χ3v) is 2.52. The highest BCUT2D eigenvalue weighted by molar-refractivity contribution is 5.68. The van der Waals surface area contributed by atoms with E-state index in [2.05, 4.69) is 0 Å². The van der Waals surface area contributed by atoms with Crippen LogP contribution in [0.2, 0.25) is 0 Å². The minimum atomic E-state index is -0.975. The van der Waals surface area contributed by atoms with Crippen LogP contribution in [0.25, 0.3) is 0 Å². The van der Waals surface area contributed by atoms with Gasteiger partial charge in [-0.15, -0.1) is 0 Å². The van der Waals surface area contributed by atoms with Gasteiger partial charge in [-0.25, -0.2) is 9.59 Å². The molecule has 1 N–H and O–H groups in total. The molecule has 1 amide bonds. The number of carbonyl (C=O) groups excluding carboxylic acids is 1. The summed E-state index contributed by atoms with van der Waals surface area (Å²) in [6.45, 7) is 6.76. The Morgan fingerprint density at radius 3 is 2.61 bits per heavy atom. The summed E-state index contributed by atoms with van der Waals surface area (Å²) in [5.74, 6) is -0.783. The number of rotatable bonds is 4. The van der Waals surface area contributed by atoms with Gasteiger partial charge in [0.15, 0.2) is 0 Å². The van der Waals surface area contributed by atoms with Gasteiger partial charge in [-0.1, -0.05) is 0 Å². The van der Waals surface area contributed by atoms with Gasteiger partial charge in [0.1, 0.15) is 12.2 Å². The number of hydrogen-bond acceptors (Lipinski definition) is 4. The summed E-state index contributed by atoms with van der Waals surface area (Å²) in [5.41, 5.74) is -0.491. The molecule has 6 heteroatoms. The van der Waals surface area contributed by atoms with E-state index in [1.807, 2.05) is 20.8 Å². The zero-order valence-electron chi connectivity index (χ0n) is 11.1. The number of hydrogen-bond donors (Lipinski definition) is 1. The van der Waals surface area contributed by atoms with Crippen molar-refractivity contribution in [3.05, 3.63) is 0 Å². The first kappa shape index (κ1) is 14.8. The smallest absolute Gasteiger partial charge is 0.410 e. The summed E-state index contributed by atoms with van der Waals surface area (Å²) in [6.07, 6.45) is 0.502. The molecule has 1 saturated heterocycles. The average Bonchev–Trinajstić information content (AvgIpc) is 2.63. The lowest BCUT2D eigenvalue weighted by molar-refractivity contribution is -0.142. The standard InChI is InChI=1S/C12H21NO5/c1-12(2,3)18-11(16)13-5-4-9(6-13)7-17-8-10(14)15/h9H,4-8H2,1-3H3,(H,14,15)/t9-/m1/s1. The van der Waals surface area contributed by atoms with Gasteiger partial charge in [0.05, 0.1) is 6.61 Å². The number of nitrogens with zero attached hydrogens (tertiary/aromatic N) is 1. The van der Waals surface area contributed by atoms with E-state index >= 15 is 0 Å². The van der Waals surface area contributed by atoms with E-state index in [-0.39, 0.29) is 18.6 Å². The Balaban J connectivity index is 2.28. The van der Waals surface area contributed by atoms with E-state index < -0.39 is 11.6 Å². The van der Waals surface area contributed by atoms with Gasteiger partial charge in [0.2, 0.25) is 0 Å². The highest BCUT2D eigenvalue weighted by Gasteiger charge is 2.29. The van der Waals surface area contributed by atoms with Crippen molar-refractivity contribution >= 4 is 12.1 Å². The molecular formula is C12H21NO5. The summed E-state index contributed by atoms with van der Waals surface area (Å²) in [4.78, 5) is 23.7. The number of likely N-dealkylation sites (tertiary alicyclic amines) is 1. The van der Waals surface area contributed by atoms with E-state index in [0.29, 0.717) is 19.7 Å². The number of carboxylic acid groups (broad SMARTS) is 1. The van der Waals surface area contributed by atoms with Crippen LogP contribution in [0.3, 0.4) is 0 Å². The lowest BCUT2D eigenvalue weighted by Crippen LogP contribution is -2.35. The molecule has 1 fully saturated rings. The van der Waals surface area contributed by atoms with Crippen LogP contribution in [0.15, 0.2) is 0 Å². The summed E-state index contributed by atoms with van der Waals surface area (Å²) < 4.78 is 10.3. The molecule has 0 saturated carbocycles. The molecule has 0 bridgehead atoms. The normalized spacial score (nSPS) is 19.9. The number of carboxylic acids is 1. The Labute approximate surface area is 107 Å². The molecule has 1 heterocycles. The SMILES string of the molecule is CC(C)(C)OC(=O)N1CC[C@@H](COCC(=O)O)C1. The fourth-order valence-electron chi connectivity index (χ4n) is 1.77. The van der Waals surface area contributed by atoms with E-state index in [1.165, 1.54) is 0 Å². The van der Waals surface area contributed by atoms with Gasteiger partial charge in [0.25, 0.3) is 0 Å². The molecule has 0 aliphatic carbocycles. The van der Waals surface area contributed by atoms with Crippen LogP contribution in [0, 0.1) is 5.92 Å². The van der Waals surface area contributed by atoms with Crippen molar-refractivity contribution in [3.63, 3.8) is 0 Å². The quantitative estimate of drug-likeness (QED) is 0.824. The first-order valence-electron chi connectivity index (χ1n) is 6.05. The first-order chi connectivity index (χ1) is 8.28. The Kier molecular flexibility index (Phi) is 4.95. The Bertz CT molecular complexity index is 310. The third kappa shape index (κ3) is 5.35. The van der Waals surface area contributed by atoms with E-state index in [1.54, 1.807) is 4.90 Å². The van der Waals surface area contributed by atoms with Gasteiger partial charge in [-0.05, 0) is 27.2 Å². The summed E-state index contributed by atoms with van der Waals surface area (Å²) in [7, 11) is 0. The molecule has 1 rings (SSSR count). The van der Waals surface area contributed by atoms with Crippen molar-refractivity contribution in [2.45, 2.75) is 32.8 Å². The van der Waals surface area contributed by atoms with Crippen LogP contribution >= 0.6 is 0 Å². The summed E-state index contributed by atoms with van der Waals surface area (Å²) >= 11 is 0. The molecule has 0 aromatic heterocycles. The zero-order valence-corrected chi connectivity index (χ0v) is 11.1. The van der Waals surface area contributed by atoms with Crippen LogP contribution in [0.4, 0.5) is 4.79 Å². The molecule has 1 aliphatic heterocycles. The molecule has 1 atom stereocenters. The van der Waals surface area contributed by atoms with Crippen molar-refractivity contribution < 1.29 is 24.2 Å². The zero-order chi connectivity index (χ0) is 13.8. The molecular weight excluding hydrogens is 238 g/mol. The number of amides is 1. The summed E-state index contributed by atoms with van der Waals surface area (Å²) in [5, 5.41) is 8.45. The van der Waals surface area contributed by atoms with Crippen LogP contribution in [0.5, 0.6) is 0 Å². The molecule has 0 aromatic carbocycles. The van der Waals surface area contributed by atoms with Crippen molar-refractivity contribution in [2.24, 2.45) is 5.92 Å². The maximum absolute atomic E-state index is 11.8. The molecule has 0 aromatic rings. The second-order valence-corrected chi connectivity index (χ2v) is 5.49. The second-order valence-electron chi connectivity index (χ2n) is 5.49. The molecule has 6 nitrogen and oxygen atoms in total. The minimum Gasteiger partial charge on any atom is -0.480 e. The van der Waals surface area contributed by atoms with Crippen LogP contribution in [-0.2, 0) is 14.3 Å². The van der Waals surface area contributed by atoms with Gasteiger partial charge in [-0.3, -0.25) is 0 Å². The monoisotopic (exact) mass is 259 g/mol. The first-order valence-corrected chi connectivity index (χ1v) is 6.05. The van der Waals surface area contributed by atoms with Gasteiger partial charge < -0.3 is 19.5 Å². The van der Waals surface area contributed by atoms with E-state index in [0.717, 1.165) is 6.42 Å². The maximum Gasteiger partial charge on any atom is 0.410 e. The van der Waals surface area contributed by atoms with Crippen molar-refractivity contribution in [1.82, 2.24) is 4.90 Å². The van der Waals surface area contributed by atoms with Crippen molar-refractivity contribution in [3.8, 4) is 0 Å². The fourth-order valence-corrected chi connectivity index (χ4v) is 1.77. The lowest BCUT2D eigenvalue weighted by atomic mass is 10.1. The van der Waals surface area contributed by atoms with Crippen LogP contribution in [-0.4, -0.2) is 54.0 Å². The van der Waals surface area contributed by atoms with Crippen LogP contribution < -0.4 is 0 Å². The largest absolute Gasteiger partial charge is 0.480 e. The molecule has 1 aliphatic rings. The minimum absolute atomic E-state index is 0.192. The second kappa shape index (κ2) is 6.04.